The van der Waals surface area contributed by atoms with Crippen molar-refractivity contribution in [3.63, 3.8) is 0 Å². The fraction of sp³-hybridized carbons (Fsp3) is 0.241. The topological polar surface area (TPSA) is 83.0 Å². The molecule has 0 aliphatic heterocycles. The summed E-state index contributed by atoms with van der Waals surface area (Å²) in [5.74, 6) is -1.73. The third-order valence-corrected chi connectivity index (χ3v) is 6.85. The zero-order valence-corrected chi connectivity index (χ0v) is 24.3. The maximum absolute atomic E-state index is 13.8. The molecule has 0 amide bonds. The van der Waals surface area contributed by atoms with Crippen LogP contribution in [0.4, 0.5) is 0 Å². The molecule has 0 N–H and O–H groups in total. The van der Waals surface area contributed by atoms with Gasteiger partial charge in [0.25, 0.3) is 0 Å². The molecule has 0 unspecified atom stereocenters. The van der Waals surface area contributed by atoms with Crippen LogP contribution in [0.25, 0.3) is 16.6 Å². The smallest absolute Gasteiger partial charge is 0.545 e. The molecule has 0 saturated heterocycles. The Hall–Kier alpha value is -2.64. The molecular formula is C29H27N2NaO3S. The van der Waals surface area contributed by atoms with Gasteiger partial charge in [0, 0.05) is 23.1 Å². The molecule has 1 aromatic heterocycles. The molecule has 0 radical (unpaired) electrons. The van der Waals surface area contributed by atoms with Crippen molar-refractivity contribution < 1.29 is 44.3 Å². The third-order valence-electron chi connectivity index (χ3n) is 6.29. The predicted molar refractivity (Wildman–Crippen MR) is 138 cm³/mol. The molecule has 0 spiro atoms. The number of nitrogens with zero attached hydrogens (tertiary/aromatic N) is 2. The molecule has 0 aliphatic rings. The summed E-state index contributed by atoms with van der Waals surface area (Å²) in [5.41, 5.74) is 6.17. The van der Waals surface area contributed by atoms with Crippen LogP contribution in [0.2, 0.25) is 0 Å². The van der Waals surface area contributed by atoms with Gasteiger partial charge in [-0.3, -0.25) is 4.79 Å². The molecule has 4 aromatic rings. The van der Waals surface area contributed by atoms with Gasteiger partial charge < -0.3 is 9.90 Å². The van der Waals surface area contributed by atoms with E-state index in [1.807, 2.05) is 44.2 Å². The number of hydrogen-bond acceptors (Lipinski definition) is 6. The average molecular weight is 507 g/mol. The van der Waals surface area contributed by atoms with Gasteiger partial charge in [-0.15, -0.1) is 0 Å². The Kier molecular flexibility index (Phi) is 8.67. The summed E-state index contributed by atoms with van der Waals surface area (Å²) < 4.78 is 8.42. The zero-order chi connectivity index (χ0) is 25.3. The Labute approximate surface area is 237 Å². The number of carbonyl (C=O) groups is 2. The molecule has 0 atom stereocenters. The van der Waals surface area contributed by atoms with Gasteiger partial charge >= 0.3 is 29.6 Å². The largest absolute Gasteiger partial charge is 1.00 e. The van der Waals surface area contributed by atoms with Gasteiger partial charge in [0.05, 0.1) is 17.7 Å². The van der Waals surface area contributed by atoms with E-state index in [0.717, 1.165) is 34.0 Å². The minimum Gasteiger partial charge on any atom is -0.545 e. The van der Waals surface area contributed by atoms with Gasteiger partial charge in [0.1, 0.15) is 11.0 Å². The van der Waals surface area contributed by atoms with Crippen LogP contribution in [0.5, 0.6) is 0 Å². The number of allylic oxidation sites excluding steroid dienone is 1. The summed E-state index contributed by atoms with van der Waals surface area (Å²) in [6, 6.07) is 18.4. The number of aryl methyl sites for hydroxylation is 2. The van der Waals surface area contributed by atoms with Crippen LogP contribution in [0, 0.1) is 13.8 Å². The second-order valence-corrected chi connectivity index (χ2v) is 10.4. The van der Waals surface area contributed by atoms with E-state index >= 15 is 0 Å². The molecule has 5 nitrogen and oxygen atoms in total. The van der Waals surface area contributed by atoms with E-state index in [0.29, 0.717) is 22.2 Å². The first kappa shape index (κ1) is 27.9. The van der Waals surface area contributed by atoms with Gasteiger partial charge in [-0.1, -0.05) is 63.2 Å². The summed E-state index contributed by atoms with van der Waals surface area (Å²) in [7, 11) is 0. The van der Waals surface area contributed by atoms with Crippen molar-refractivity contribution in [1.82, 2.24) is 8.75 Å². The Morgan fingerprint density at radius 3 is 2.08 bits per heavy atom. The quantitative estimate of drug-likeness (QED) is 0.228. The minimum atomic E-state index is -1.40. The summed E-state index contributed by atoms with van der Waals surface area (Å²) in [4.78, 5) is 26.3. The van der Waals surface area contributed by atoms with Crippen LogP contribution in [0.1, 0.15) is 58.9 Å². The second kappa shape index (κ2) is 11.2. The maximum Gasteiger partial charge on any atom is 1.00 e. The maximum atomic E-state index is 13.8. The molecule has 4 rings (SSSR count). The summed E-state index contributed by atoms with van der Waals surface area (Å²) in [5, 5.41) is 12.5. The van der Waals surface area contributed by atoms with Crippen molar-refractivity contribution in [3.05, 3.63) is 99.6 Å². The Morgan fingerprint density at radius 1 is 0.833 bits per heavy atom. The molecule has 1 heterocycles. The number of hydrogen-bond donors (Lipinski definition) is 0. The van der Waals surface area contributed by atoms with E-state index in [2.05, 4.69) is 29.5 Å². The normalized spacial score (nSPS) is 12.1. The minimum absolute atomic E-state index is 0. The molecule has 178 valence electrons. The Morgan fingerprint density at radius 2 is 1.47 bits per heavy atom. The first-order valence-electron chi connectivity index (χ1n) is 11.4. The van der Waals surface area contributed by atoms with Gasteiger partial charge in [-0.25, -0.2) is 0 Å². The van der Waals surface area contributed by atoms with Crippen molar-refractivity contribution >= 4 is 40.1 Å². The first-order valence-corrected chi connectivity index (χ1v) is 12.2. The third kappa shape index (κ3) is 6.01. The fourth-order valence-electron chi connectivity index (χ4n) is 4.02. The number of carboxylic acid groups (broad SMARTS) is 1. The van der Waals surface area contributed by atoms with E-state index < -0.39 is 5.97 Å². The van der Waals surface area contributed by atoms with Gasteiger partial charge in [-0.2, -0.15) is 8.75 Å². The molecule has 36 heavy (non-hydrogen) atoms. The molecule has 0 fully saturated rings. The number of benzene rings is 3. The van der Waals surface area contributed by atoms with E-state index in [-0.39, 0.29) is 58.3 Å². The predicted octanol–water partition coefficient (Wildman–Crippen LogP) is 2.24. The SMILES string of the molecule is Cc1ccc(C(=O)C(Cc2ccc(C(C)(C)C)cc2)=C(C(=O)[O-])c2ccc3nsnc3c2)cc1C.[Na+]. The summed E-state index contributed by atoms with van der Waals surface area (Å²) >= 11 is 1.06. The molecular weight excluding hydrogens is 479 g/mol. The molecule has 0 aliphatic carbocycles. The summed E-state index contributed by atoms with van der Waals surface area (Å²) in [6.07, 6.45) is 0.160. The molecule has 3 aromatic carbocycles. The number of fused-ring (bicyclic) bond motifs is 1. The molecule has 7 heteroatoms. The van der Waals surface area contributed by atoms with Gasteiger partial charge in [-0.05, 0) is 65.3 Å². The van der Waals surface area contributed by atoms with Crippen molar-refractivity contribution in [1.29, 1.82) is 0 Å². The molecule has 0 saturated carbocycles. The molecule has 0 bridgehead atoms. The monoisotopic (exact) mass is 506 g/mol. The van der Waals surface area contributed by atoms with E-state index in [4.69, 9.17) is 0 Å². The Bertz CT molecular complexity index is 1460. The number of Topliss-reactive ketones (excluding diaryl/α,β-unsaturated/α-hetero) is 1. The number of carboxylic acids is 1. The fourth-order valence-corrected chi connectivity index (χ4v) is 4.54. The van der Waals surface area contributed by atoms with Crippen LogP contribution in [0.15, 0.2) is 66.2 Å². The number of aromatic nitrogens is 2. The zero-order valence-electron chi connectivity index (χ0n) is 21.5. The van der Waals surface area contributed by atoms with Crippen LogP contribution >= 0.6 is 11.7 Å². The van der Waals surface area contributed by atoms with Gasteiger partial charge in [0.15, 0.2) is 5.78 Å². The number of carbonyl (C=O) groups excluding carboxylic acids is 2. The Balaban J connectivity index is 0.00000361. The second-order valence-electron chi connectivity index (χ2n) is 9.86. The summed E-state index contributed by atoms with van der Waals surface area (Å²) in [6.45, 7) is 10.3. The van der Waals surface area contributed by atoms with E-state index in [1.54, 1.807) is 30.3 Å². The van der Waals surface area contributed by atoms with Crippen LogP contribution in [-0.2, 0) is 16.6 Å². The van der Waals surface area contributed by atoms with Crippen molar-refractivity contribution in [2.24, 2.45) is 0 Å². The van der Waals surface area contributed by atoms with Crippen molar-refractivity contribution in [2.45, 2.75) is 46.5 Å². The standard InChI is InChI=1S/C29H28N2O3S.Na/c1-17-6-9-21(14-18(17)2)27(32)23(15-19-7-11-22(12-8-19)29(3,4)5)26(28(33)34)20-10-13-24-25(16-20)31-35-30-24;/h6-14,16H,15H2,1-5H3,(H,33,34);/q;+1/p-1. The number of rotatable bonds is 6. The van der Waals surface area contributed by atoms with Crippen molar-refractivity contribution in [3.8, 4) is 0 Å². The van der Waals surface area contributed by atoms with Crippen LogP contribution in [0.3, 0.4) is 0 Å². The average Bonchev–Trinajstić information content (AvgIpc) is 3.27. The van der Waals surface area contributed by atoms with Crippen LogP contribution in [-0.4, -0.2) is 20.5 Å². The van der Waals surface area contributed by atoms with Crippen molar-refractivity contribution in [2.75, 3.05) is 0 Å². The van der Waals surface area contributed by atoms with Gasteiger partial charge in [0.2, 0.25) is 0 Å². The number of ketones is 1. The van der Waals surface area contributed by atoms with Crippen LogP contribution < -0.4 is 34.7 Å². The van der Waals surface area contributed by atoms with E-state index in [9.17, 15) is 14.7 Å². The van der Waals surface area contributed by atoms with E-state index in [1.165, 1.54) is 0 Å². The first-order chi connectivity index (χ1) is 16.5. The number of aliphatic carboxylic acids is 1.